The molecule has 3 aromatic heterocycles. The first-order valence-electron chi connectivity index (χ1n) is 14.6. The second-order valence-electron chi connectivity index (χ2n) is 11.7. The molecule has 0 spiro atoms. The molecule has 222 valence electrons. The van der Waals surface area contributed by atoms with Gasteiger partial charge >= 0.3 is 0 Å². The quantitative estimate of drug-likeness (QED) is 0.330. The van der Waals surface area contributed by atoms with Gasteiger partial charge in [-0.1, -0.05) is 31.9 Å². The highest BCUT2D eigenvalue weighted by Crippen LogP contribution is 2.23. The van der Waals surface area contributed by atoms with Gasteiger partial charge in [-0.2, -0.15) is 4.98 Å². The van der Waals surface area contributed by atoms with Gasteiger partial charge in [0.25, 0.3) is 11.5 Å². The van der Waals surface area contributed by atoms with Crippen LogP contribution in [-0.2, 0) is 17.8 Å². The van der Waals surface area contributed by atoms with Crippen LogP contribution in [0.3, 0.4) is 0 Å². The summed E-state index contributed by atoms with van der Waals surface area (Å²) >= 11 is 0. The Labute approximate surface area is 252 Å². The fourth-order valence-electron chi connectivity index (χ4n) is 5.32. The molecule has 0 atom stereocenters. The summed E-state index contributed by atoms with van der Waals surface area (Å²) < 4.78 is 1.56. The first-order valence-corrected chi connectivity index (χ1v) is 14.6. The number of anilines is 2. The molecule has 0 aliphatic carbocycles. The number of piperidine rings is 1. The summed E-state index contributed by atoms with van der Waals surface area (Å²) in [5.41, 5.74) is 4.13. The maximum Gasteiger partial charge on any atom is 0.298 e. The van der Waals surface area contributed by atoms with Gasteiger partial charge < -0.3 is 15.1 Å². The van der Waals surface area contributed by atoms with Crippen LogP contribution in [-0.4, -0.2) is 74.4 Å². The van der Waals surface area contributed by atoms with E-state index in [0.29, 0.717) is 17.0 Å². The molecule has 1 saturated heterocycles. The normalized spacial score (nSPS) is 14.0. The lowest BCUT2D eigenvalue weighted by Gasteiger charge is -2.28. The maximum atomic E-state index is 13.8. The monoisotopic (exact) mass is 578 g/mol. The molecule has 10 heteroatoms. The maximum absolute atomic E-state index is 13.8. The molecule has 1 fully saturated rings. The Hall–Kier alpha value is -4.62. The molecular weight excluding hydrogens is 540 g/mol. The van der Waals surface area contributed by atoms with Crippen LogP contribution in [0.5, 0.6) is 0 Å². The van der Waals surface area contributed by atoms with Crippen molar-refractivity contribution in [1.82, 2.24) is 34.3 Å². The topological polar surface area (TPSA) is 109 Å². The number of aromatic nitrogens is 5. The Morgan fingerprint density at radius 3 is 2.56 bits per heavy atom. The molecule has 43 heavy (non-hydrogen) atoms. The molecule has 10 nitrogen and oxygen atoms in total. The molecule has 1 N–H and O–H groups in total. The summed E-state index contributed by atoms with van der Waals surface area (Å²) in [6, 6.07) is 10.0. The fraction of sp³-hybridized carbons (Fsp3) is 0.394. The molecule has 1 aliphatic heterocycles. The van der Waals surface area contributed by atoms with E-state index < -0.39 is 5.91 Å². The minimum atomic E-state index is -0.391. The van der Waals surface area contributed by atoms with Crippen LogP contribution in [0.2, 0.25) is 0 Å². The number of nitrogens with zero attached hydrogens (tertiary/aromatic N) is 7. The molecule has 0 radical (unpaired) electrons. The van der Waals surface area contributed by atoms with Gasteiger partial charge in [0.05, 0.1) is 17.8 Å². The summed E-state index contributed by atoms with van der Waals surface area (Å²) in [6.45, 7) is 6.61. The third-order valence-electron chi connectivity index (χ3n) is 7.81. The summed E-state index contributed by atoms with van der Waals surface area (Å²) in [5, 5.41) is 3.92. The molecule has 0 saturated carbocycles. The second kappa shape index (κ2) is 13.1. The highest BCUT2D eigenvalue weighted by molar-refractivity contribution is 5.94. The zero-order valence-electron chi connectivity index (χ0n) is 25.5. The molecular formula is C33H38N8O2. The van der Waals surface area contributed by atoms with E-state index in [-0.39, 0.29) is 23.6 Å². The van der Waals surface area contributed by atoms with Gasteiger partial charge in [0.15, 0.2) is 0 Å². The number of fused-ring (bicyclic) bond motifs is 1. The van der Waals surface area contributed by atoms with Crippen molar-refractivity contribution in [3.63, 3.8) is 0 Å². The van der Waals surface area contributed by atoms with E-state index >= 15 is 0 Å². The van der Waals surface area contributed by atoms with Gasteiger partial charge in [-0.25, -0.2) is 15.0 Å². The van der Waals surface area contributed by atoms with Gasteiger partial charge in [-0.15, -0.1) is 0 Å². The smallest absolute Gasteiger partial charge is 0.298 e. The number of hydrogen-bond acceptors (Lipinski definition) is 8. The Morgan fingerprint density at radius 2 is 1.86 bits per heavy atom. The lowest BCUT2D eigenvalue weighted by atomic mass is 9.90. The average Bonchev–Trinajstić information content (AvgIpc) is 3.00. The van der Waals surface area contributed by atoms with Crippen molar-refractivity contribution in [1.29, 1.82) is 0 Å². The predicted octanol–water partition coefficient (Wildman–Crippen LogP) is 3.82. The molecule has 4 aromatic rings. The number of carbonyl (C=O) groups is 1. The zero-order valence-corrected chi connectivity index (χ0v) is 25.5. The Balaban J connectivity index is 1.47. The molecule has 1 aromatic carbocycles. The number of likely N-dealkylation sites (tertiary alicyclic amines) is 1. The molecule has 1 aliphatic rings. The van der Waals surface area contributed by atoms with E-state index in [4.69, 9.17) is 4.98 Å². The number of benzene rings is 1. The van der Waals surface area contributed by atoms with Crippen LogP contribution in [0.25, 0.3) is 11.0 Å². The van der Waals surface area contributed by atoms with Crippen LogP contribution in [0, 0.1) is 17.8 Å². The average molecular weight is 579 g/mol. The minimum Gasteiger partial charge on any atom is -0.338 e. The fourth-order valence-corrected chi connectivity index (χ4v) is 5.32. The van der Waals surface area contributed by atoms with Crippen LogP contribution < -0.4 is 10.9 Å². The van der Waals surface area contributed by atoms with Crippen molar-refractivity contribution in [2.24, 2.45) is 5.92 Å². The molecule has 4 heterocycles. The SMILES string of the molecule is CC(C)c1ncncc1Cn1c(=O)c(C#CC(=O)N(C)C)cc2cnc(Nc3ccc(CC4CCN(C)CC4)cc3)nc21. The van der Waals surface area contributed by atoms with Gasteiger partial charge in [0, 0.05) is 49.0 Å². The lowest BCUT2D eigenvalue weighted by molar-refractivity contribution is -0.122. The number of rotatable bonds is 7. The number of amides is 1. The van der Waals surface area contributed by atoms with Gasteiger partial charge in [-0.05, 0) is 75.0 Å². The molecule has 1 amide bonds. The first-order chi connectivity index (χ1) is 20.7. The van der Waals surface area contributed by atoms with E-state index in [1.807, 2.05) is 26.0 Å². The number of carbonyl (C=O) groups excluding carboxylic acids is 1. The molecule has 0 bridgehead atoms. The van der Waals surface area contributed by atoms with E-state index in [0.717, 1.165) is 42.4 Å². The van der Waals surface area contributed by atoms with Crippen molar-refractivity contribution in [2.45, 2.75) is 45.6 Å². The van der Waals surface area contributed by atoms with Crippen molar-refractivity contribution in [2.75, 3.05) is 39.5 Å². The Kier molecular flexibility index (Phi) is 9.12. The lowest BCUT2D eigenvalue weighted by Crippen LogP contribution is -2.30. The highest BCUT2D eigenvalue weighted by atomic mass is 16.2. The molecule has 0 unspecified atom stereocenters. The number of pyridine rings is 1. The van der Waals surface area contributed by atoms with Gasteiger partial charge in [-0.3, -0.25) is 14.2 Å². The van der Waals surface area contributed by atoms with Crippen molar-refractivity contribution in [3.8, 4) is 11.8 Å². The highest BCUT2D eigenvalue weighted by Gasteiger charge is 2.18. The van der Waals surface area contributed by atoms with E-state index in [1.54, 1.807) is 37.1 Å². The standard InChI is InChI=1S/C33H38N8O2/c1-22(2)30-27(18-34-21-36-30)20-41-31-26(17-25(32(41)43)8-11-29(42)39(3)4)19-35-33(38-31)37-28-9-6-23(7-10-28)16-24-12-14-40(5)15-13-24/h6-7,9-10,17-19,21-22,24H,12-16,20H2,1-5H3,(H,35,37,38). The van der Waals surface area contributed by atoms with Crippen molar-refractivity contribution in [3.05, 3.63) is 81.8 Å². The predicted molar refractivity (Wildman–Crippen MR) is 168 cm³/mol. The van der Waals surface area contributed by atoms with Crippen LogP contribution >= 0.6 is 0 Å². The number of nitrogens with one attached hydrogen (secondary N) is 1. The summed E-state index contributed by atoms with van der Waals surface area (Å²) in [4.78, 5) is 47.6. The Morgan fingerprint density at radius 1 is 1.12 bits per heavy atom. The zero-order chi connectivity index (χ0) is 30.5. The summed E-state index contributed by atoms with van der Waals surface area (Å²) in [6.07, 6.45) is 8.45. The van der Waals surface area contributed by atoms with Crippen LogP contribution in [0.15, 0.2) is 53.8 Å². The molecule has 5 rings (SSSR count). The van der Waals surface area contributed by atoms with Crippen LogP contribution in [0.1, 0.15) is 55.0 Å². The summed E-state index contributed by atoms with van der Waals surface area (Å²) in [7, 11) is 5.42. The van der Waals surface area contributed by atoms with E-state index in [1.165, 1.54) is 29.6 Å². The summed E-state index contributed by atoms with van der Waals surface area (Å²) in [5.74, 6) is 6.14. The Bertz CT molecular complexity index is 1730. The van der Waals surface area contributed by atoms with E-state index in [2.05, 4.69) is 56.2 Å². The third kappa shape index (κ3) is 7.24. The minimum absolute atomic E-state index is 0.134. The third-order valence-corrected chi connectivity index (χ3v) is 7.81. The number of hydrogen-bond donors (Lipinski definition) is 1. The van der Waals surface area contributed by atoms with Crippen molar-refractivity contribution < 1.29 is 4.79 Å². The van der Waals surface area contributed by atoms with Gasteiger partial charge in [0.2, 0.25) is 5.95 Å². The first kappa shape index (κ1) is 29.9. The van der Waals surface area contributed by atoms with E-state index in [9.17, 15) is 9.59 Å². The second-order valence-corrected chi connectivity index (χ2v) is 11.7. The largest absolute Gasteiger partial charge is 0.338 e. The van der Waals surface area contributed by atoms with Crippen molar-refractivity contribution >= 4 is 28.6 Å². The van der Waals surface area contributed by atoms with Crippen LogP contribution in [0.4, 0.5) is 11.6 Å². The van der Waals surface area contributed by atoms with Gasteiger partial charge in [0.1, 0.15) is 12.0 Å².